The molecular weight excluding hydrogens is 293 g/mol. The summed E-state index contributed by atoms with van der Waals surface area (Å²) in [6.45, 7) is 4.37. The minimum Gasteiger partial charge on any atom is -0.349 e. The highest BCUT2D eigenvalue weighted by molar-refractivity contribution is 7.09. The highest BCUT2D eigenvalue weighted by Crippen LogP contribution is 2.11. The minimum absolute atomic E-state index is 0. The van der Waals surface area contributed by atoms with Crippen LogP contribution in [0.15, 0.2) is 5.38 Å². The second-order valence-electron chi connectivity index (χ2n) is 4.14. The zero-order valence-electron chi connectivity index (χ0n) is 10.3. The molecule has 0 radical (unpaired) electrons. The summed E-state index contributed by atoms with van der Waals surface area (Å²) >= 11 is 1.60. The van der Waals surface area contributed by atoms with Gasteiger partial charge >= 0.3 is 0 Å². The molecule has 1 aliphatic heterocycles. The van der Waals surface area contributed by atoms with E-state index in [0.717, 1.165) is 36.6 Å². The van der Waals surface area contributed by atoms with Gasteiger partial charge in [0.15, 0.2) is 0 Å². The second kappa shape index (κ2) is 8.69. The smallest absolute Gasteiger partial charge is 0.224 e. The topological polar surface area (TPSA) is 54.0 Å². The van der Waals surface area contributed by atoms with Crippen molar-refractivity contribution < 1.29 is 4.79 Å². The first-order chi connectivity index (χ1) is 7.75. The van der Waals surface area contributed by atoms with E-state index in [4.69, 9.17) is 0 Å². The zero-order valence-corrected chi connectivity index (χ0v) is 12.7. The van der Waals surface area contributed by atoms with E-state index in [1.807, 2.05) is 12.3 Å². The first-order valence-electron chi connectivity index (χ1n) is 5.65. The quantitative estimate of drug-likeness (QED) is 0.896. The van der Waals surface area contributed by atoms with Crippen molar-refractivity contribution in [2.75, 3.05) is 13.1 Å². The molecule has 0 saturated carbocycles. The Hall–Kier alpha value is -0.360. The molecule has 1 aliphatic rings. The molecule has 18 heavy (non-hydrogen) atoms. The number of rotatable bonds is 3. The lowest BCUT2D eigenvalue weighted by molar-refractivity contribution is -0.125. The molecule has 1 aromatic heterocycles. The first kappa shape index (κ1) is 17.6. The van der Waals surface area contributed by atoms with E-state index >= 15 is 0 Å². The molecule has 0 aromatic carbocycles. The normalized spacial score (nSPS) is 18.4. The molecule has 0 unspecified atom stereocenters. The van der Waals surface area contributed by atoms with Gasteiger partial charge in [0.05, 0.1) is 12.5 Å². The number of thiazole rings is 1. The molecule has 0 aliphatic carbocycles. The number of carbonyl (C=O) groups is 1. The number of amides is 1. The third-order valence-electron chi connectivity index (χ3n) is 2.75. The van der Waals surface area contributed by atoms with Gasteiger partial charge < -0.3 is 10.6 Å². The van der Waals surface area contributed by atoms with Crippen LogP contribution in [0.25, 0.3) is 0 Å². The van der Waals surface area contributed by atoms with Gasteiger partial charge in [-0.3, -0.25) is 4.79 Å². The van der Waals surface area contributed by atoms with Crippen LogP contribution in [-0.4, -0.2) is 24.0 Å². The molecule has 2 heterocycles. The predicted octanol–water partition coefficient (Wildman–Crippen LogP) is 1.91. The minimum atomic E-state index is 0. The highest BCUT2D eigenvalue weighted by Gasteiger charge is 2.20. The molecule has 2 rings (SSSR count). The lowest BCUT2D eigenvalue weighted by Gasteiger charge is -2.21. The molecule has 1 fully saturated rings. The van der Waals surface area contributed by atoms with E-state index in [1.54, 1.807) is 11.3 Å². The maximum absolute atomic E-state index is 11.8. The largest absolute Gasteiger partial charge is 0.349 e. The summed E-state index contributed by atoms with van der Waals surface area (Å²) in [7, 11) is 0. The average molecular weight is 312 g/mol. The lowest BCUT2D eigenvalue weighted by Crippen LogP contribution is -2.40. The number of piperidine rings is 1. The first-order valence-corrected chi connectivity index (χ1v) is 6.53. The van der Waals surface area contributed by atoms with Crippen LogP contribution < -0.4 is 10.6 Å². The van der Waals surface area contributed by atoms with Gasteiger partial charge in [0.1, 0.15) is 5.01 Å². The van der Waals surface area contributed by atoms with Crippen LogP contribution in [0, 0.1) is 12.8 Å². The summed E-state index contributed by atoms with van der Waals surface area (Å²) in [5.74, 6) is 0.287. The van der Waals surface area contributed by atoms with E-state index < -0.39 is 0 Å². The number of hydrogen-bond acceptors (Lipinski definition) is 4. The van der Waals surface area contributed by atoms with Gasteiger partial charge in [-0.15, -0.1) is 36.2 Å². The molecule has 1 amide bonds. The van der Waals surface area contributed by atoms with Crippen LogP contribution in [0.4, 0.5) is 0 Å². The van der Waals surface area contributed by atoms with Crippen molar-refractivity contribution in [2.24, 2.45) is 5.92 Å². The van der Waals surface area contributed by atoms with Gasteiger partial charge in [-0.2, -0.15) is 0 Å². The average Bonchev–Trinajstić information content (AvgIpc) is 2.73. The molecule has 104 valence electrons. The molecule has 0 spiro atoms. The maximum Gasteiger partial charge on any atom is 0.224 e. The van der Waals surface area contributed by atoms with Crippen molar-refractivity contribution in [3.8, 4) is 0 Å². The summed E-state index contributed by atoms with van der Waals surface area (Å²) in [6, 6.07) is 0. The molecule has 4 nitrogen and oxygen atoms in total. The van der Waals surface area contributed by atoms with Crippen molar-refractivity contribution in [1.29, 1.82) is 0 Å². The fraction of sp³-hybridized carbons (Fsp3) is 0.636. The fourth-order valence-corrected chi connectivity index (χ4v) is 2.58. The monoisotopic (exact) mass is 311 g/mol. The van der Waals surface area contributed by atoms with Crippen LogP contribution >= 0.6 is 36.2 Å². The third kappa shape index (κ3) is 5.10. The second-order valence-corrected chi connectivity index (χ2v) is 5.09. The summed E-state index contributed by atoms with van der Waals surface area (Å²) in [5, 5.41) is 9.18. The van der Waals surface area contributed by atoms with E-state index in [2.05, 4.69) is 15.6 Å². The maximum atomic E-state index is 11.8. The molecule has 1 atom stereocenters. The summed E-state index contributed by atoms with van der Waals surface area (Å²) < 4.78 is 0. The molecule has 1 saturated heterocycles. The standard InChI is InChI=1S/C11H17N3OS.2ClH/c1-8-7-16-10(14-8)6-13-11(15)9-3-2-4-12-5-9;;/h7,9,12H,2-6H2,1H3,(H,13,15);2*1H/t9-;;/m1../s1. The number of carbonyl (C=O) groups excluding carboxylic acids is 1. The number of halogens is 2. The van der Waals surface area contributed by atoms with Crippen LogP contribution in [0.1, 0.15) is 23.5 Å². The van der Waals surface area contributed by atoms with Crippen LogP contribution in [0.3, 0.4) is 0 Å². The van der Waals surface area contributed by atoms with E-state index in [9.17, 15) is 4.79 Å². The predicted molar refractivity (Wildman–Crippen MR) is 78.8 cm³/mol. The number of nitrogens with one attached hydrogen (secondary N) is 2. The summed E-state index contributed by atoms with van der Waals surface area (Å²) in [4.78, 5) is 16.1. The van der Waals surface area contributed by atoms with Crippen LogP contribution in [0.2, 0.25) is 0 Å². The van der Waals surface area contributed by atoms with Crippen molar-refractivity contribution in [3.05, 3.63) is 16.1 Å². The molecule has 1 aromatic rings. The lowest BCUT2D eigenvalue weighted by atomic mass is 9.99. The Kier molecular flexibility index (Phi) is 8.52. The van der Waals surface area contributed by atoms with E-state index in [-0.39, 0.29) is 36.6 Å². The van der Waals surface area contributed by atoms with Gasteiger partial charge in [0, 0.05) is 17.6 Å². The van der Waals surface area contributed by atoms with Gasteiger partial charge in [-0.05, 0) is 26.3 Å². The van der Waals surface area contributed by atoms with E-state index in [1.165, 1.54) is 0 Å². The third-order valence-corrected chi connectivity index (χ3v) is 3.71. The Morgan fingerprint density at radius 2 is 2.39 bits per heavy atom. The van der Waals surface area contributed by atoms with Crippen molar-refractivity contribution in [3.63, 3.8) is 0 Å². The van der Waals surface area contributed by atoms with Gasteiger partial charge in [-0.25, -0.2) is 4.98 Å². The highest BCUT2D eigenvalue weighted by atomic mass is 35.5. The van der Waals surface area contributed by atoms with Crippen molar-refractivity contribution in [1.82, 2.24) is 15.6 Å². The molecule has 7 heteroatoms. The van der Waals surface area contributed by atoms with Gasteiger partial charge in [0.25, 0.3) is 0 Å². The van der Waals surface area contributed by atoms with Gasteiger partial charge in [0.2, 0.25) is 5.91 Å². The summed E-state index contributed by atoms with van der Waals surface area (Å²) in [6.07, 6.45) is 2.09. The number of aryl methyl sites for hydroxylation is 1. The fourth-order valence-electron chi connectivity index (χ4n) is 1.87. The Morgan fingerprint density at radius 3 is 2.94 bits per heavy atom. The SMILES string of the molecule is Cc1csc(CNC(=O)[C@@H]2CCCNC2)n1.Cl.Cl. The summed E-state index contributed by atoms with van der Waals surface area (Å²) in [5.41, 5.74) is 1.02. The zero-order chi connectivity index (χ0) is 11.4. The Bertz CT molecular complexity index is 367. The Balaban J connectivity index is 0.00000144. The Morgan fingerprint density at radius 1 is 1.61 bits per heavy atom. The van der Waals surface area contributed by atoms with Crippen molar-refractivity contribution in [2.45, 2.75) is 26.3 Å². The van der Waals surface area contributed by atoms with Crippen LogP contribution in [-0.2, 0) is 11.3 Å². The number of hydrogen-bond donors (Lipinski definition) is 2. The van der Waals surface area contributed by atoms with E-state index in [0.29, 0.717) is 6.54 Å². The Labute approximate surface area is 124 Å². The van der Waals surface area contributed by atoms with Gasteiger partial charge in [-0.1, -0.05) is 0 Å². The number of aromatic nitrogens is 1. The van der Waals surface area contributed by atoms with Crippen LogP contribution in [0.5, 0.6) is 0 Å². The molecule has 2 N–H and O–H groups in total. The van der Waals surface area contributed by atoms with Crippen molar-refractivity contribution >= 4 is 42.1 Å². The molecule has 0 bridgehead atoms. The molecular formula is C11H19Cl2N3OS. The number of nitrogens with zero attached hydrogens (tertiary/aromatic N) is 1.